The Labute approximate surface area is 237 Å². The minimum Gasteiger partial charge on any atom is -0.494 e. The third kappa shape index (κ3) is 7.48. The molecule has 2 heterocycles. The summed E-state index contributed by atoms with van der Waals surface area (Å²) in [6.45, 7) is 4.06. The summed E-state index contributed by atoms with van der Waals surface area (Å²) in [5, 5.41) is 3.34. The third-order valence-electron chi connectivity index (χ3n) is 7.15. The van der Waals surface area contributed by atoms with Crippen molar-refractivity contribution in [3.8, 4) is 5.75 Å². The van der Waals surface area contributed by atoms with Gasteiger partial charge in [0.25, 0.3) is 5.91 Å². The Morgan fingerprint density at radius 2 is 1.85 bits per heavy atom. The maximum atomic E-state index is 13.7. The Morgan fingerprint density at radius 3 is 2.49 bits per heavy atom. The summed E-state index contributed by atoms with van der Waals surface area (Å²) in [6.07, 6.45) is 6.49. The number of carbonyl (C=O) groups is 2. The first-order valence-corrected chi connectivity index (χ1v) is 14.3. The molecule has 0 aliphatic carbocycles. The zero-order valence-electron chi connectivity index (χ0n) is 23.2. The molecular formula is C30H40N4O4S. The summed E-state index contributed by atoms with van der Waals surface area (Å²) < 4.78 is 11.6. The predicted octanol–water partition coefficient (Wildman–Crippen LogP) is 5.22. The fourth-order valence-electron chi connectivity index (χ4n) is 4.93. The number of amides is 2. The first-order valence-electron chi connectivity index (χ1n) is 13.9. The largest absolute Gasteiger partial charge is 0.494 e. The molecule has 1 N–H and O–H groups in total. The lowest BCUT2D eigenvalue weighted by molar-refractivity contribution is -0.124. The van der Waals surface area contributed by atoms with Crippen LogP contribution in [0, 0.1) is 0 Å². The van der Waals surface area contributed by atoms with Gasteiger partial charge in [-0.2, -0.15) is 0 Å². The van der Waals surface area contributed by atoms with Crippen LogP contribution in [0.2, 0.25) is 0 Å². The van der Waals surface area contributed by atoms with E-state index in [0.717, 1.165) is 37.1 Å². The minimum atomic E-state index is -0.694. The third-order valence-corrected chi connectivity index (χ3v) is 7.57. The Balaban J connectivity index is 1.41. The quantitative estimate of drug-likeness (QED) is 0.270. The molecule has 0 spiro atoms. The molecule has 0 radical (unpaired) electrons. The van der Waals surface area contributed by atoms with E-state index in [-0.39, 0.29) is 24.3 Å². The van der Waals surface area contributed by atoms with Crippen LogP contribution in [0.25, 0.3) is 0 Å². The van der Waals surface area contributed by atoms with Crippen LogP contribution in [0.1, 0.15) is 51.9 Å². The molecule has 0 unspecified atom stereocenters. The summed E-state index contributed by atoms with van der Waals surface area (Å²) >= 11 is 5.79. The highest BCUT2D eigenvalue weighted by Crippen LogP contribution is 2.30. The van der Waals surface area contributed by atoms with Gasteiger partial charge in [-0.25, -0.2) is 0 Å². The molecule has 2 fully saturated rings. The number of hydrogen-bond donors (Lipinski definition) is 1. The van der Waals surface area contributed by atoms with E-state index in [1.54, 1.807) is 4.90 Å². The van der Waals surface area contributed by atoms with Gasteiger partial charge >= 0.3 is 0 Å². The fourth-order valence-corrected chi connectivity index (χ4v) is 5.32. The van der Waals surface area contributed by atoms with E-state index in [9.17, 15) is 9.59 Å². The number of rotatable bonds is 13. The Hall–Kier alpha value is -3.17. The van der Waals surface area contributed by atoms with Gasteiger partial charge in [-0.05, 0) is 80.0 Å². The number of benzene rings is 2. The van der Waals surface area contributed by atoms with Crippen LogP contribution >= 0.6 is 12.2 Å². The summed E-state index contributed by atoms with van der Waals surface area (Å²) in [5.74, 6) is 0.337. The van der Waals surface area contributed by atoms with Crippen molar-refractivity contribution in [3.63, 3.8) is 0 Å². The normalized spacial score (nSPS) is 19.1. The number of ether oxygens (including phenoxy) is 2. The van der Waals surface area contributed by atoms with Gasteiger partial charge in [0.2, 0.25) is 5.91 Å². The number of unbranched alkanes of at least 4 members (excludes halogenated alkanes) is 3. The second-order valence-electron chi connectivity index (χ2n) is 10.4. The summed E-state index contributed by atoms with van der Waals surface area (Å²) in [6, 6.07) is 14.3. The lowest BCUT2D eigenvalue weighted by Gasteiger charge is -2.26. The SMILES string of the molecule is CCCCCCOc1ccc(NC(=O)C[C@@H]2C(=O)N(c3ccc(N(C)C)cc3)C(=S)N2C[C@H]2CCCO2)cc1. The van der Waals surface area contributed by atoms with Gasteiger partial charge in [-0.15, -0.1) is 0 Å². The standard InChI is InChI=1S/C30H40N4O4S/c1-4-5-6-7-18-37-25-16-10-22(11-17-25)31-28(35)20-27-29(36)34(24-14-12-23(13-15-24)32(2)3)30(39)33(27)21-26-9-8-19-38-26/h10-17,26-27H,4-9,18-21H2,1-3H3,(H,31,35)/t26-,27-/m1/s1. The van der Waals surface area contributed by atoms with E-state index in [2.05, 4.69) is 12.2 Å². The lowest BCUT2D eigenvalue weighted by atomic mass is 10.1. The van der Waals surface area contributed by atoms with E-state index in [1.807, 2.05) is 72.4 Å². The highest BCUT2D eigenvalue weighted by molar-refractivity contribution is 7.80. The van der Waals surface area contributed by atoms with Crippen LogP contribution in [-0.2, 0) is 14.3 Å². The highest BCUT2D eigenvalue weighted by Gasteiger charge is 2.45. The molecule has 0 aromatic heterocycles. The van der Waals surface area contributed by atoms with Crippen LogP contribution in [-0.4, -0.2) is 67.8 Å². The Kier molecular flexibility index (Phi) is 10.2. The average molecular weight is 553 g/mol. The van der Waals surface area contributed by atoms with Crippen molar-refractivity contribution in [1.82, 2.24) is 4.90 Å². The molecule has 2 aromatic carbocycles. The van der Waals surface area contributed by atoms with Gasteiger partial charge < -0.3 is 24.6 Å². The van der Waals surface area contributed by atoms with Crippen molar-refractivity contribution in [2.24, 2.45) is 0 Å². The molecule has 8 nitrogen and oxygen atoms in total. The van der Waals surface area contributed by atoms with Crippen LogP contribution in [0.4, 0.5) is 17.1 Å². The molecule has 2 amide bonds. The number of thiocarbonyl (C=S) groups is 1. The van der Waals surface area contributed by atoms with Crippen LogP contribution in [0.15, 0.2) is 48.5 Å². The molecule has 39 heavy (non-hydrogen) atoms. The second-order valence-corrected chi connectivity index (χ2v) is 10.7. The molecule has 4 rings (SSSR count). The summed E-state index contributed by atoms with van der Waals surface area (Å²) in [5.41, 5.74) is 2.38. The zero-order valence-corrected chi connectivity index (χ0v) is 24.0. The molecule has 9 heteroatoms. The van der Waals surface area contributed by atoms with E-state index < -0.39 is 6.04 Å². The molecule has 2 aliphatic heterocycles. The lowest BCUT2D eigenvalue weighted by Crippen LogP contribution is -2.42. The molecule has 2 saturated heterocycles. The molecule has 2 aliphatic rings. The zero-order chi connectivity index (χ0) is 27.8. The molecule has 210 valence electrons. The van der Waals surface area contributed by atoms with E-state index >= 15 is 0 Å². The van der Waals surface area contributed by atoms with Gasteiger partial charge in [0.05, 0.1) is 24.8 Å². The van der Waals surface area contributed by atoms with Crippen molar-refractivity contribution in [3.05, 3.63) is 48.5 Å². The van der Waals surface area contributed by atoms with Gasteiger partial charge in [0.1, 0.15) is 11.8 Å². The second kappa shape index (κ2) is 13.8. The number of nitrogens with zero attached hydrogens (tertiary/aromatic N) is 3. The first-order chi connectivity index (χ1) is 18.9. The molecular weight excluding hydrogens is 512 g/mol. The van der Waals surface area contributed by atoms with E-state index in [0.29, 0.717) is 36.2 Å². The van der Waals surface area contributed by atoms with Crippen LogP contribution in [0.5, 0.6) is 5.75 Å². The Bertz CT molecular complexity index is 1120. The number of carbonyl (C=O) groups excluding carboxylic acids is 2. The number of hydrogen-bond acceptors (Lipinski definition) is 6. The molecule has 2 aromatic rings. The van der Waals surface area contributed by atoms with Crippen LogP contribution in [0.3, 0.4) is 0 Å². The molecule has 0 bridgehead atoms. The van der Waals surface area contributed by atoms with E-state index in [4.69, 9.17) is 21.7 Å². The number of anilines is 3. The highest BCUT2D eigenvalue weighted by atomic mass is 32.1. The monoisotopic (exact) mass is 552 g/mol. The average Bonchev–Trinajstić information content (AvgIpc) is 3.52. The van der Waals surface area contributed by atoms with Gasteiger partial charge in [-0.1, -0.05) is 26.2 Å². The summed E-state index contributed by atoms with van der Waals surface area (Å²) in [4.78, 5) is 32.2. The van der Waals surface area contributed by atoms with Crippen molar-refractivity contribution in [2.45, 2.75) is 64.0 Å². The van der Waals surface area contributed by atoms with Gasteiger partial charge in [0, 0.05) is 38.6 Å². The van der Waals surface area contributed by atoms with Crippen LogP contribution < -0.4 is 19.9 Å². The minimum absolute atomic E-state index is 0.00629. The summed E-state index contributed by atoms with van der Waals surface area (Å²) in [7, 11) is 3.93. The van der Waals surface area contributed by atoms with Crippen molar-refractivity contribution in [2.75, 3.05) is 49.0 Å². The molecule has 0 saturated carbocycles. The topological polar surface area (TPSA) is 74.4 Å². The van der Waals surface area contributed by atoms with E-state index in [1.165, 1.54) is 12.8 Å². The maximum Gasteiger partial charge on any atom is 0.256 e. The first kappa shape index (κ1) is 28.8. The number of nitrogens with one attached hydrogen (secondary N) is 1. The molecule has 2 atom stereocenters. The van der Waals surface area contributed by atoms with Crippen molar-refractivity contribution < 1.29 is 19.1 Å². The smallest absolute Gasteiger partial charge is 0.256 e. The Morgan fingerprint density at radius 1 is 1.10 bits per heavy atom. The van der Waals surface area contributed by atoms with Crippen molar-refractivity contribution in [1.29, 1.82) is 0 Å². The van der Waals surface area contributed by atoms with Crippen molar-refractivity contribution >= 4 is 46.2 Å². The van der Waals surface area contributed by atoms with Gasteiger partial charge in [-0.3, -0.25) is 14.5 Å². The fraction of sp³-hybridized carbons (Fsp3) is 0.500. The van der Waals surface area contributed by atoms with Gasteiger partial charge in [0.15, 0.2) is 5.11 Å². The maximum absolute atomic E-state index is 13.7. The predicted molar refractivity (Wildman–Crippen MR) is 160 cm³/mol.